The van der Waals surface area contributed by atoms with Crippen LogP contribution in [-0.2, 0) is 6.42 Å². The molecule has 0 atom stereocenters. The summed E-state index contributed by atoms with van der Waals surface area (Å²) < 4.78 is 26.9. The molecule has 0 radical (unpaired) electrons. The molecule has 0 saturated heterocycles. The van der Waals surface area contributed by atoms with Crippen LogP contribution in [0.4, 0.5) is 26.1 Å². The number of benzene rings is 1. The summed E-state index contributed by atoms with van der Waals surface area (Å²) in [6, 6.07) is 4.93. The Bertz CT molecular complexity index is 592. The predicted octanol–water partition coefficient (Wildman–Crippen LogP) is 3.88. The number of nitrogens with zero attached hydrogens (tertiary/aromatic N) is 2. The van der Waals surface area contributed by atoms with Crippen molar-refractivity contribution < 1.29 is 8.78 Å². The lowest BCUT2D eigenvalue weighted by molar-refractivity contribution is 0.603. The minimum atomic E-state index is -0.531. The molecule has 0 aliphatic heterocycles. The van der Waals surface area contributed by atoms with Crippen LogP contribution >= 0.6 is 0 Å². The predicted molar refractivity (Wildman–Crippen MR) is 79.8 cm³/mol. The first kappa shape index (κ1) is 15.2. The molecule has 0 fully saturated rings. The van der Waals surface area contributed by atoms with Crippen molar-refractivity contribution in [2.45, 2.75) is 26.7 Å². The number of nitrogens with one attached hydrogen (secondary N) is 2. The molecule has 0 saturated carbocycles. The average molecular weight is 292 g/mol. The van der Waals surface area contributed by atoms with Crippen LogP contribution in [0.1, 0.15) is 26.1 Å². The van der Waals surface area contributed by atoms with Crippen molar-refractivity contribution >= 4 is 17.3 Å². The van der Waals surface area contributed by atoms with Gasteiger partial charge in [0.1, 0.15) is 29.1 Å². The zero-order valence-corrected chi connectivity index (χ0v) is 12.1. The highest BCUT2D eigenvalue weighted by molar-refractivity contribution is 5.59. The lowest BCUT2D eigenvalue weighted by Gasteiger charge is -2.11. The first-order valence-electron chi connectivity index (χ1n) is 6.96. The third kappa shape index (κ3) is 4.11. The second kappa shape index (κ2) is 6.97. The third-order valence-corrected chi connectivity index (χ3v) is 2.80. The van der Waals surface area contributed by atoms with Gasteiger partial charge in [-0.05, 0) is 25.5 Å². The highest BCUT2D eigenvalue weighted by Gasteiger charge is 2.08. The van der Waals surface area contributed by atoms with Gasteiger partial charge in [0.05, 0.1) is 5.69 Å². The number of anilines is 3. The zero-order valence-electron chi connectivity index (χ0n) is 12.1. The monoisotopic (exact) mass is 292 g/mol. The molecular formula is C15H18F2N4. The SMILES string of the molecule is CCCc1nc(NCC)cc(Nc2cc(F)ccc2F)n1. The van der Waals surface area contributed by atoms with E-state index in [0.29, 0.717) is 17.5 Å². The van der Waals surface area contributed by atoms with E-state index in [1.807, 2.05) is 13.8 Å². The molecule has 1 aromatic heterocycles. The molecule has 112 valence electrons. The van der Waals surface area contributed by atoms with Crippen molar-refractivity contribution in [3.8, 4) is 0 Å². The molecule has 0 aliphatic rings. The Morgan fingerprint density at radius 1 is 1.05 bits per heavy atom. The summed E-state index contributed by atoms with van der Waals surface area (Å²) in [5.41, 5.74) is 0.0543. The van der Waals surface area contributed by atoms with Crippen LogP contribution in [0.5, 0.6) is 0 Å². The van der Waals surface area contributed by atoms with Gasteiger partial charge in [-0.2, -0.15) is 0 Å². The van der Waals surface area contributed by atoms with E-state index in [2.05, 4.69) is 20.6 Å². The van der Waals surface area contributed by atoms with Crippen LogP contribution in [0.25, 0.3) is 0 Å². The van der Waals surface area contributed by atoms with E-state index in [1.54, 1.807) is 6.07 Å². The second-order valence-electron chi connectivity index (χ2n) is 4.58. The number of rotatable bonds is 6. The summed E-state index contributed by atoms with van der Waals surface area (Å²) in [4.78, 5) is 8.68. The lowest BCUT2D eigenvalue weighted by Crippen LogP contribution is -2.06. The molecule has 4 nitrogen and oxygen atoms in total. The van der Waals surface area contributed by atoms with Crippen molar-refractivity contribution in [3.63, 3.8) is 0 Å². The van der Waals surface area contributed by atoms with Gasteiger partial charge in [-0.15, -0.1) is 0 Å². The van der Waals surface area contributed by atoms with Gasteiger partial charge < -0.3 is 10.6 Å². The van der Waals surface area contributed by atoms with Crippen LogP contribution in [0.15, 0.2) is 24.3 Å². The van der Waals surface area contributed by atoms with E-state index in [9.17, 15) is 8.78 Å². The Labute approximate surface area is 122 Å². The van der Waals surface area contributed by atoms with Crippen molar-refractivity contribution in [1.82, 2.24) is 9.97 Å². The van der Waals surface area contributed by atoms with Crippen molar-refractivity contribution in [1.29, 1.82) is 0 Å². The van der Waals surface area contributed by atoms with Gasteiger partial charge >= 0.3 is 0 Å². The van der Waals surface area contributed by atoms with E-state index in [1.165, 1.54) is 0 Å². The molecule has 2 aromatic rings. The third-order valence-electron chi connectivity index (χ3n) is 2.80. The fourth-order valence-electron chi connectivity index (χ4n) is 1.90. The van der Waals surface area contributed by atoms with Crippen molar-refractivity contribution in [2.75, 3.05) is 17.2 Å². The average Bonchev–Trinajstić information content (AvgIpc) is 2.43. The van der Waals surface area contributed by atoms with Crippen LogP contribution in [0.2, 0.25) is 0 Å². The normalized spacial score (nSPS) is 10.5. The van der Waals surface area contributed by atoms with Gasteiger partial charge in [-0.25, -0.2) is 18.7 Å². The summed E-state index contributed by atoms with van der Waals surface area (Å²) in [5.74, 6) is 0.727. The standard InChI is InChI=1S/C15H18F2N4/c1-3-5-13-20-14(18-4-2)9-15(21-13)19-12-8-10(16)6-7-11(12)17/h6-9H,3-5H2,1-2H3,(H2,18,19,20,21). The Hall–Kier alpha value is -2.24. The summed E-state index contributed by atoms with van der Waals surface area (Å²) in [7, 11) is 0. The largest absolute Gasteiger partial charge is 0.370 e. The van der Waals surface area contributed by atoms with E-state index < -0.39 is 11.6 Å². The highest BCUT2D eigenvalue weighted by Crippen LogP contribution is 2.21. The molecule has 1 heterocycles. The van der Waals surface area contributed by atoms with Gasteiger partial charge in [-0.1, -0.05) is 6.92 Å². The fourth-order valence-corrected chi connectivity index (χ4v) is 1.90. The Morgan fingerprint density at radius 3 is 2.52 bits per heavy atom. The smallest absolute Gasteiger partial charge is 0.146 e. The molecule has 21 heavy (non-hydrogen) atoms. The lowest BCUT2D eigenvalue weighted by atomic mass is 10.3. The number of halogens is 2. The number of aryl methyl sites for hydroxylation is 1. The van der Waals surface area contributed by atoms with Gasteiger partial charge in [0.25, 0.3) is 0 Å². The minimum Gasteiger partial charge on any atom is -0.370 e. The van der Waals surface area contributed by atoms with Gasteiger partial charge in [0.15, 0.2) is 0 Å². The first-order valence-corrected chi connectivity index (χ1v) is 6.96. The quantitative estimate of drug-likeness (QED) is 0.848. The van der Waals surface area contributed by atoms with E-state index in [-0.39, 0.29) is 5.69 Å². The molecule has 0 unspecified atom stereocenters. The Morgan fingerprint density at radius 2 is 1.81 bits per heavy atom. The number of hydrogen-bond donors (Lipinski definition) is 2. The molecule has 0 aliphatic carbocycles. The maximum atomic E-state index is 13.7. The molecule has 0 bridgehead atoms. The zero-order chi connectivity index (χ0) is 15.2. The molecule has 0 amide bonds. The molecular weight excluding hydrogens is 274 g/mol. The summed E-state index contributed by atoms with van der Waals surface area (Å²) in [6.45, 7) is 4.71. The Kier molecular flexibility index (Phi) is 5.03. The summed E-state index contributed by atoms with van der Waals surface area (Å²) >= 11 is 0. The Balaban J connectivity index is 2.31. The van der Waals surface area contributed by atoms with Gasteiger partial charge in [0, 0.05) is 25.1 Å². The first-order chi connectivity index (χ1) is 10.1. The van der Waals surface area contributed by atoms with Crippen LogP contribution in [0.3, 0.4) is 0 Å². The van der Waals surface area contributed by atoms with Crippen molar-refractivity contribution in [3.05, 3.63) is 41.7 Å². The maximum absolute atomic E-state index is 13.7. The maximum Gasteiger partial charge on any atom is 0.146 e. The van der Waals surface area contributed by atoms with E-state index >= 15 is 0 Å². The van der Waals surface area contributed by atoms with Gasteiger partial charge in [0.2, 0.25) is 0 Å². The van der Waals surface area contributed by atoms with Crippen LogP contribution in [-0.4, -0.2) is 16.5 Å². The second-order valence-corrected chi connectivity index (χ2v) is 4.58. The molecule has 2 rings (SSSR count). The van der Waals surface area contributed by atoms with Crippen LogP contribution in [0, 0.1) is 11.6 Å². The highest BCUT2D eigenvalue weighted by atomic mass is 19.1. The van der Waals surface area contributed by atoms with E-state index in [0.717, 1.165) is 37.6 Å². The summed E-state index contributed by atoms with van der Waals surface area (Å²) in [6.07, 6.45) is 1.63. The van der Waals surface area contributed by atoms with Crippen LogP contribution < -0.4 is 10.6 Å². The molecule has 0 spiro atoms. The summed E-state index contributed by atoms with van der Waals surface area (Å²) in [5, 5.41) is 5.90. The number of aromatic nitrogens is 2. The molecule has 6 heteroatoms. The fraction of sp³-hybridized carbons (Fsp3) is 0.333. The molecule has 1 aromatic carbocycles. The number of hydrogen-bond acceptors (Lipinski definition) is 4. The topological polar surface area (TPSA) is 49.8 Å². The van der Waals surface area contributed by atoms with E-state index in [4.69, 9.17) is 0 Å². The minimum absolute atomic E-state index is 0.0543. The van der Waals surface area contributed by atoms with Gasteiger partial charge in [-0.3, -0.25) is 0 Å². The molecule has 2 N–H and O–H groups in total. The van der Waals surface area contributed by atoms with Crippen molar-refractivity contribution in [2.24, 2.45) is 0 Å².